The van der Waals surface area contributed by atoms with Crippen molar-refractivity contribution in [3.8, 4) is 5.75 Å². The number of hydrogen-bond acceptors (Lipinski definition) is 7. The summed E-state index contributed by atoms with van der Waals surface area (Å²) >= 11 is 6.10. The van der Waals surface area contributed by atoms with E-state index in [2.05, 4.69) is 10.3 Å². The minimum absolute atomic E-state index is 0.275. The Kier molecular flexibility index (Phi) is 8.66. The van der Waals surface area contributed by atoms with Crippen LogP contribution < -0.4 is 10.1 Å². The Hall–Kier alpha value is -4.05. The van der Waals surface area contributed by atoms with Crippen molar-refractivity contribution in [3.63, 3.8) is 0 Å². The standard InChI is InChI=1S/C38H44ClN3O7/c1-37(2,3)49-36(46)41-33(38-17-21-13-22(18-38)15-23(14-21)19-38)35(45)48-25-11-9-24(10-12-25)32-31-27(26-7-5-6-8-28(26)40-31)16-29(34(44)47-4)42(32)30(43)20-39/h5-12,21-23,29,32-33,40H,13-20H2,1-4H3,(H,41,46)/t21?,22?,23?,29-,32+,33-,38?/m1/s1. The highest BCUT2D eigenvalue weighted by molar-refractivity contribution is 6.27. The number of rotatable bonds is 7. The number of nitrogens with zero attached hydrogens (tertiary/aromatic N) is 1. The van der Waals surface area contributed by atoms with Crippen molar-refractivity contribution >= 4 is 46.4 Å². The smallest absolute Gasteiger partial charge is 0.408 e. The van der Waals surface area contributed by atoms with Crippen LogP contribution in [0.1, 0.15) is 82.2 Å². The van der Waals surface area contributed by atoms with E-state index in [1.807, 2.05) is 24.3 Å². The SMILES string of the molecule is COC(=O)[C@H]1Cc2c([nH]c3ccccc23)[C@H](c2ccc(OC(=O)[C@@H](NC(=O)OC(C)(C)C)C34CC5CC(CC(C5)C3)C4)cc2)N1C(=O)CCl. The number of carbonyl (C=O) groups excluding carboxylic acids is 4. The molecule has 1 aromatic heterocycles. The molecule has 0 saturated heterocycles. The summed E-state index contributed by atoms with van der Waals surface area (Å²) in [7, 11) is 1.31. The average molecular weight is 690 g/mol. The molecular formula is C38H44ClN3O7. The van der Waals surface area contributed by atoms with Gasteiger partial charge in [0.15, 0.2) is 0 Å². The number of halogens is 1. The molecule has 10 nitrogen and oxygen atoms in total. The monoisotopic (exact) mass is 689 g/mol. The summed E-state index contributed by atoms with van der Waals surface area (Å²) in [4.78, 5) is 58.6. The minimum Gasteiger partial charge on any atom is -0.467 e. The summed E-state index contributed by atoms with van der Waals surface area (Å²) in [5.74, 6) is 0.205. The first-order valence-corrected chi connectivity index (χ1v) is 17.8. The van der Waals surface area contributed by atoms with Crippen molar-refractivity contribution in [2.24, 2.45) is 23.2 Å². The minimum atomic E-state index is -0.884. The van der Waals surface area contributed by atoms with Crippen molar-refractivity contribution in [2.45, 2.75) is 89.4 Å². The predicted molar refractivity (Wildman–Crippen MR) is 183 cm³/mol. The van der Waals surface area contributed by atoms with Crippen molar-refractivity contribution in [1.82, 2.24) is 15.2 Å². The van der Waals surface area contributed by atoms with Crippen LogP contribution in [0.3, 0.4) is 0 Å². The van der Waals surface area contributed by atoms with E-state index in [-0.39, 0.29) is 17.7 Å². The van der Waals surface area contributed by atoms with E-state index >= 15 is 0 Å². The van der Waals surface area contributed by atoms with Crippen LogP contribution in [-0.2, 0) is 30.3 Å². The Labute approximate surface area is 291 Å². The van der Waals surface area contributed by atoms with Crippen LogP contribution in [0.2, 0.25) is 0 Å². The molecule has 4 saturated carbocycles. The molecule has 3 atom stereocenters. The van der Waals surface area contributed by atoms with E-state index in [1.54, 1.807) is 45.0 Å². The van der Waals surface area contributed by atoms with E-state index in [4.69, 9.17) is 25.8 Å². The number of alkyl carbamates (subject to hydrolysis) is 1. The second-order valence-electron chi connectivity index (χ2n) is 15.5. The number of esters is 2. The third-order valence-corrected chi connectivity index (χ3v) is 11.2. The van der Waals surface area contributed by atoms with E-state index < -0.39 is 47.7 Å². The van der Waals surface area contributed by atoms with E-state index in [0.29, 0.717) is 29.1 Å². The number of para-hydroxylation sites is 1. The van der Waals surface area contributed by atoms with Gasteiger partial charge in [0.1, 0.15) is 29.3 Å². The van der Waals surface area contributed by atoms with Gasteiger partial charge in [-0.2, -0.15) is 0 Å². The lowest BCUT2D eigenvalue weighted by molar-refractivity contribution is -0.154. The zero-order valence-electron chi connectivity index (χ0n) is 28.4. The molecule has 2 N–H and O–H groups in total. The number of methoxy groups -OCH3 is 1. The summed E-state index contributed by atoms with van der Waals surface area (Å²) in [6.45, 7) is 5.39. The van der Waals surface area contributed by atoms with Crippen LogP contribution in [0.4, 0.5) is 4.79 Å². The van der Waals surface area contributed by atoms with E-state index in [0.717, 1.165) is 41.4 Å². The van der Waals surface area contributed by atoms with Gasteiger partial charge in [0.2, 0.25) is 5.91 Å². The first kappa shape index (κ1) is 33.4. The number of amides is 2. The van der Waals surface area contributed by atoms with Crippen LogP contribution in [0, 0.1) is 23.2 Å². The van der Waals surface area contributed by atoms with Crippen LogP contribution in [-0.4, -0.2) is 64.5 Å². The van der Waals surface area contributed by atoms with E-state index in [1.165, 1.54) is 31.3 Å². The number of carbonyl (C=O) groups is 4. The lowest BCUT2D eigenvalue weighted by atomic mass is 9.47. The summed E-state index contributed by atoms with van der Waals surface area (Å²) in [5, 5.41) is 3.91. The first-order valence-electron chi connectivity index (χ1n) is 17.2. The third-order valence-electron chi connectivity index (χ3n) is 11.0. The van der Waals surface area contributed by atoms with Gasteiger partial charge in [-0.05, 0) is 106 Å². The fraction of sp³-hybridized carbons (Fsp3) is 0.526. The fourth-order valence-corrected chi connectivity index (χ4v) is 9.78. The molecule has 0 spiro atoms. The topological polar surface area (TPSA) is 127 Å². The molecule has 4 fully saturated rings. The number of benzene rings is 2. The maximum atomic E-state index is 14.1. The highest BCUT2D eigenvalue weighted by Crippen LogP contribution is 2.61. The van der Waals surface area contributed by atoms with Gasteiger partial charge in [0.25, 0.3) is 0 Å². The molecule has 4 aliphatic carbocycles. The van der Waals surface area contributed by atoms with Gasteiger partial charge in [0, 0.05) is 28.4 Å². The van der Waals surface area contributed by atoms with Crippen molar-refractivity contribution < 1.29 is 33.4 Å². The first-order chi connectivity index (χ1) is 23.4. The normalized spacial score (nSPS) is 27.7. The molecule has 5 aliphatic rings. The fourth-order valence-electron chi connectivity index (χ4n) is 9.64. The number of hydrogen-bond donors (Lipinski definition) is 2. The van der Waals surface area contributed by atoms with Crippen LogP contribution >= 0.6 is 11.6 Å². The molecule has 8 rings (SSSR count). The van der Waals surface area contributed by atoms with Gasteiger partial charge in [-0.25, -0.2) is 14.4 Å². The number of aromatic nitrogens is 1. The zero-order valence-corrected chi connectivity index (χ0v) is 29.2. The Balaban J connectivity index is 1.20. The van der Waals surface area contributed by atoms with Crippen molar-refractivity contribution in [2.75, 3.05) is 13.0 Å². The van der Waals surface area contributed by atoms with Gasteiger partial charge >= 0.3 is 18.0 Å². The molecule has 4 bridgehead atoms. The number of ether oxygens (including phenoxy) is 3. The second-order valence-corrected chi connectivity index (χ2v) is 15.8. The molecule has 0 radical (unpaired) electrons. The molecular weight excluding hydrogens is 646 g/mol. The second kappa shape index (κ2) is 12.7. The molecule has 2 heterocycles. The molecule has 260 valence electrons. The van der Waals surface area contributed by atoms with Crippen LogP contribution in [0.5, 0.6) is 5.75 Å². The lowest BCUT2D eigenvalue weighted by Crippen LogP contribution is -2.61. The van der Waals surface area contributed by atoms with Crippen molar-refractivity contribution in [1.29, 1.82) is 0 Å². The highest BCUT2D eigenvalue weighted by Gasteiger charge is 2.57. The van der Waals surface area contributed by atoms with Crippen molar-refractivity contribution in [3.05, 3.63) is 65.4 Å². The molecule has 2 aromatic carbocycles. The van der Waals surface area contributed by atoms with Gasteiger partial charge in [-0.15, -0.1) is 11.6 Å². The highest BCUT2D eigenvalue weighted by atomic mass is 35.5. The van der Waals surface area contributed by atoms with Gasteiger partial charge in [-0.3, -0.25) is 4.79 Å². The Bertz CT molecular complexity index is 1740. The van der Waals surface area contributed by atoms with Crippen LogP contribution in [0.15, 0.2) is 48.5 Å². The Morgan fingerprint density at radius 3 is 2.20 bits per heavy atom. The largest absolute Gasteiger partial charge is 0.467 e. The quantitative estimate of drug-likeness (QED) is 0.166. The maximum Gasteiger partial charge on any atom is 0.408 e. The number of alkyl halides is 1. The maximum absolute atomic E-state index is 14.1. The summed E-state index contributed by atoms with van der Waals surface area (Å²) < 4.78 is 16.8. The molecule has 2 amide bonds. The van der Waals surface area contributed by atoms with Gasteiger partial charge in [-0.1, -0.05) is 30.3 Å². The molecule has 11 heteroatoms. The van der Waals surface area contributed by atoms with Crippen LogP contribution in [0.25, 0.3) is 10.9 Å². The van der Waals surface area contributed by atoms with Gasteiger partial charge in [0.05, 0.1) is 13.2 Å². The van der Waals surface area contributed by atoms with Gasteiger partial charge < -0.3 is 29.4 Å². The number of H-pyrrole nitrogens is 1. The molecule has 1 aliphatic heterocycles. The Morgan fingerprint density at radius 2 is 1.61 bits per heavy atom. The zero-order chi connectivity index (χ0) is 34.7. The molecule has 0 unspecified atom stereocenters. The average Bonchev–Trinajstić information content (AvgIpc) is 3.43. The third kappa shape index (κ3) is 6.28. The Morgan fingerprint density at radius 1 is 0.980 bits per heavy atom. The molecule has 49 heavy (non-hydrogen) atoms. The summed E-state index contributed by atoms with van der Waals surface area (Å²) in [5.41, 5.74) is 2.21. The molecule has 3 aromatic rings. The lowest BCUT2D eigenvalue weighted by Gasteiger charge is -2.58. The number of fused-ring (bicyclic) bond motifs is 3. The van der Waals surface area contributed by atoms with E-state index in [9.17, 15) is 19.2 Å². The summed E-state index contributed by atoms with van der Waals surface area (Å²) in [6.07, 6.45) is 5.86. The number of nitrogens with one attached hydrogen (secondary N) is 2. The summed E-state index contributed by atoms with van der Waals surface area (Å²) in [6, 6.07) is 12.4. The number of aromatic amines is 1. The predicted octanol–water partition coefficient (Wildman–Crippen LogP) is 6.44.